The van der Waals surface area contributed by atoms with Crippen LogP contribution in [-0.4, -0.2) is 27.0 Å². The van der Waals surface area contributed by atoms with Gasteiger partial charge in [-0.15, -0.1) is 0 Å². The predicted octanol–water partition coefficient (Wildman–Crippen LogP) is 5.22. The minimum Gasteiger partial charge on any atom is -0.496 e. The smallest absolute Gasteiger partial charge is 0.157 e. The number of imidazole rings is 1. The molecular formula is C22H18ClFN4O2. The summed E-state index contributed by atoms with van der Waals surface area (Å²) in [6.45, 7) is 2.32. The summed E-state index contributed by atoms with van der Waals surface area (Å²) in [6, 6.07) is 12.2. The van der Waals surface area contributed by atoms with E-state index in [4.69, 9.17) is 21.1 Å². The Morgan fingerprint density at radius 3 is 2.63 bits per heavy atom. The third kappa shape index (κ3) is 4.26. The van der Waals surface area contributed by atoms with Crippen molar-refractivity contribution >= 4 is 11.6 Å². The van der Waals surface area contributed by atoms with Crippen LogP contribution >= 0.6 is 11.6 Å². The molecule has 0 unspecified atom stereocenters. The van der Waals surface area contributed by atoms with Crippen LogP contribution < -0.4 is 9.47 Å². The van der Waals surface area contributed by atoms with Crippen molar-refractivity contribution < 1.29 is 13.9 Å². The van der Waals surface area contributed by atoms with Gasteiger partial charge in [0.1, 0.15) is 40.5 Å². The summed E-state index contributed by atoms with van der Waals surface area (Å²) in [5, 5.41) is 0.326. The fourth-order valence-electron chi connectivity index (χ4n) is 2.87. The largest absolute Gasteiger partial charge is 0.496 e. The van der Waals surface area contributed by atoms with Crippen LogP contribution in [0.4, 0.5) is 4.39 Å². The number of aromatic amines is 1. The van der Waals surface area contributed by atoms with Crippen LogP contribution in [0.5, 0.6) is 11.5 Å². The number of H-pyrrole nitrogens is 1. The van der Waals surface area contributed by atoms with Crippen molar-refractivity contribution in [1.29, 1.82) is 0 Å². The first-order valence-corrected chi connectivity index (χ1v) is 9.51. The SMILES string of the molecule is COc1cc(OCc2ccc(C)cn2)ccc1-c1nc(-c2ccc(F)cn2)[nH]c1Cl. The number of aromatic nitrogens is 4. The number of pyridine rings is 2. The van der Waals surface area contributed by atoms with Crippen LogP contribution in [-0.2, 0) is 6.61 Å². The average molecular weight is 425 g/mol. The zero-order chi connectivity index (χ0) is 21.1. The van der Waals surface area contributed by atoms with E-state index in [1.54, 1.807) is 19.4 Å². The molecule has 0 amide bonds. The fourth-order valence-corrected chi connectivity index (χ4v) is 3.10. The molecule has 3 heterocycles. The normalized spacial score (nSPS) is 10.8. The predicted molar refractivity (Wildman–Crippen MR) is 112 cm³/mol. The van der Waals surface area contributed by atoms with Gasteiger partial charge < -0.3 is 14.5 Å². The molecule has 0 bridgehead atoms. The molecule has 0 radical (unpaired) electrons. The molecule has 1 N–H and O–H groups in total. The lowest BCUT2D eigenvalue weighted by Crippen LogP contribution is -1.99. The summed E-state index contributed by atoms with van der Waals surface area (Å²) in [5.41, 5.74) is 3.59. The fraction of sp³-hybridized carbons (Fsp3) is 0.136. The monoisotopic (exact) mass is 424 g/mol. The number of methoxy groups -OCH3 is 1. The van der Waals surface area contributed by atoms with Gasteiger partial charge in [0.25, 0.3) is 0 Å². The second-order valence-corrected chi connectivity index (χ2v) is 6.97. The van der Waals surface area contributed by atoms with Gasteiger partial charge in [0.15, 0.2) is 5.82 Å². The van der Waals surface area contributed by atoms with E-state index in [0.29, 0.717) is 46.0 Å². The van der Waals surface area contributed by atoms with Crippen molar-refractivity contribution in [3.63, 3.8) is 0 Å². The molecule has 0 aliphatic carbocycles. The molecule has 0 saturated carbocycles. The van der Waals surface area contributed by atoms with Crippen LogP contribution in [0.2, 0.25) is 5.15 Å². The third-order valence-electron chi connectivity index (χ3n) is 4.42. The van der Waals surface area contributed by atoms with E-state index in [0.717, 1.165) is 17.5 Å². The number of hydrogen-bond acceptors (Lipinski definition) is 5. The Balaban J connectivity index is 1.58. The highest BCUT2D eigenvalue weighted by Crippen LogP contribution is 2.37. The molecule has 0 aliphatic heterocycles. The number of benzene rings is 1. The van der Waals surface area contributed by atoms with Crippen LogP contribution in [0.3, 0.4) is 0 Å². The Labute approximate surface area is 177 Å². The Kier molecular flexibility index (Phi) is 5.63. The first-order valence-electron chi connectivity index (χ1n) is 9.13. The number of rotatable bonds is 6. The topological polar surface area (TPSA) is 72.9 Å². The van der Waals surface area contributed by atoms with E-state index < -0.39 is 5.82 Å². The van der Waals surface area contributed by atoms with Gasteiger partial charge in [-0.1, -0.05) is 17.7 Å². The standard InChI is InChI=1S/C22H18ClFN4O2/c1-13-3-5-15(25-10-13)12-30-16-6-7-17(19(9-16)29-2)20-21(23)28-22(27-20)18-8-4-14(24)11-26-18/h3-11H,12H2,1-2H3,(H,27,28). The maximum absolute atomic E-state index is 13.1. The molecule has 0 spiro atoms. The van der Waals surface area contributed by atoms with E-state index in [1.807, 2.05) is 31.2 Å². The first kappa shape index (κ1) is 19.8. The number of aryl methyl sites for hydroxylation is 1. The van der Waals surface area contributed by atoms with Crippen molar-refractivity contribution in [1.82, 2.24) is 19.9 Å². The Hall–Kier alpha value is -3.45. The number of hydrogen-bond donors (Lipinski definition) is 1. The van der Waals surface area contributed by atoms with Gasteiger partial charge in [-0.2, -0.15) is 0 Å². The molecule has 4 aromatic rings. The molecule has 8 heteroatoms. The number of nitrogens with one attached hydrogen (secondary N) is 1. The molecular weight excluding hydrogens is 407 g/mol. The Morgan fingerprint density at radius 2 is 1.93 bits per heavy atom. The zero-order valence-corrected chi connectivity index (χ0v) is 17.1. The average Bonchev–Trinajstić information content (AvgIpc) is 3.15. The lowest BCUT2D eigenvalue weighted by atomic mass is 10.1. The molecule has 0 atom stereocenters. The maximum Gasteiger partial charge on any atom is 0.157 e. The van der Waals surface area contributed by atoms with Crippen molar-refractivity contribution in [3.8, 4) is 34.3 Å². The molecule has 0 aliphatic rings. The third-order valence-corrected chi connectivity index (χ3v) is 4.69. The molecule has 0 fully saturated rings. The summed E-state index contributed by atoms with van der Waals surface area (Å²) < 4.78 is 24.5. The minimum absolute atomic E-state index is 0.326. The van der Waals surface area contributed by atoms with Crippen LogP contribution in [0.25, 0.3) is 22.8 Å². The summed E-state index contributed by atoms with van der Waals surface area (Å²) >= 11 is 6.37. The lowest BCUT2D eigenvalue weighted by molar-refractivity contribution is 0.299. The van der Waals surface area contributed by atoms with E-state index in [-0.39, 0.29) is 0 Å². The molecule has 152 valence electrons. The molecule has 1 aromatic carbocycles. The van der Waals surface area contributed by atoms with Gasteiger partial charge in [-0.25, -0.2) is 14.4 Å². The first-order chi connectivity index (χ1) is 14.5. The summed E-state index contributed by atoms with van der Waals surface area (Å²) in [4.78, 5) is 15.8. The second kappa shape index (κ2) is 8.51. The molecule has 3 aromatic heterocycles. The lowest BCUT2D eigenvalue weighted by Gasteiger charge is -2.11. The minimum atomic E-state index is -0.422. The van der Waals surface area contributed by atoms with Gasteiger partial charge in [0, 0.05) is 17.8 Å². The van der Waals surface area contributed by atoms with Gasteiger partial charge in [-0.3, -0.25) is 4.98 Å². The van der Waals surface area contributed by atoms with Gasteiger partial charge >= 0.3 is 0 Å². The van der Waals surface area contributed by atoms with Gasteiger partial charge in [0.05, 0.1) is 19.0 Å². The maximum atomic E-state index is 13.1. The van der Waals surface area contributed by atoms with E-state index >= 15 is 0 Å². The van der Waals surface area contributed by atoms with E-state index in [1.165, 1.54) is 12.1 Å². The van der Waals surface area contributed by atoms with E-state index in [2.05, 4.69) is 19.9 Å². The highest BCUT2D eigenvalue weighted by molar-refractivity contribution is 6.32. The summed E-state index contributed by atoms with van der Waals surface area (Å²) in [5.74, 6) is 1.19. The van der Waals surface area contributed by atoms with Crippen LogP contribution in [0.1, 0.15) is 11.3 Å². The highest BCUT2D eigenvalue weighted by atomic mass is 35.5. The number of nitrogens with zero attached hydrogens (tertiary/aromatic N) is 3. The van der Waals surface area contributed by atoms with Crippen LogP contribution in [0, 0.1) is 12.7 Å². The van der Waals surface area contributed by atoms with Crippen molar-refractivity contribution in [2.75, 3.05) is 7.11 Å². The van der Waals surface area contributed by atoms with E-state index in [9.17, 15) is 4.39 Å². The highest BCUT2D eigenvalue weighted by Gasteiger charge is 2.17. The van der Waals surface area contributed by atoms with Gasteiger partial charge in [-0.05, 0) is 42.8 Å². The molecule has 6 nitrogen and oxygen atoms in total. The summed E-state index contributed by atoms with van der Waals surface area (Å²) in [7, 11) is 1.56. The Morgan fingerprint density at radius 1 is 1.07 bits per heavy atom. The van der Waals surface area contributed by atoms with Gasteiger partial charge in [0.2, 0.25) is 0 Å². The van der Waals surface area contributed by atoms with Crippen molar-refractivity contribution in [2.45, 2.75) is 13.5 Å². The summed E-state index contributed by atoms with van der Waals surface area (Å²) in [6.07, 6.45) is 2.93. The Bertz CT molecular complexity index is 1160. The van der Waals surface area contributed by atoms with Crippen LogP contribution in [0.15, 0.2) is 54.9 Å². The molecule has 30 heavy (non-hydrogen) atoms. The molecule has 0 saturated heterocycles. The quantitative estimate of drug-likeness (QED) is 0.459. The zero-order valence-electron chi connectivity index (χ0n) is 16.3. The van der Waals surface area contributed by atoms with Crippen molar-refractivity contribution in [3.05, 3.63) is 77.1 Å². The molecule has 4 rings (SSSR count). The second-order valence-electron chi connectivity index (χ2n) is 6.59. The number of ether oxygens (including phenoxy) is 2. The number of halogens is 2. The van der Waals surface area contributed by atoms with Crippen molar-refractivity contribution in [2.24, 2.45) is 0 Å².